The number of benzene rings is 1. The molecular formula is C16H27NO. The van der Waals surface area contributed by atoms with Crippen molar-refractivity contribution in [3.63, 3.8) is 0 Å². The van der Waals surface area contributed by atoms with Crippen LogP contribution in [0.2, 0.25) is 0 Å². The van der Waals surface area contributed by atoms with E-state index in [0.717, 1.165) is 19.8 Å². The van der Waals surface area contributed by atoms with Gasteiger partial charge in [-0.2, -0.15) is 0 Å². The van der Waals surface area contributed by atoms with Gasteiger partial charge in [0.15, 0.2) is 0 Å². The lowest BCUT2D eigenvalue weighted by molar-refractivity contribution is 0.0904. The number of hydrogen-bond donors (Lipinski definition) is 1. The van der Waals surface area contributed by atoms with Gasteiger partial charge in [-0.15, -0.1) is 0 Å². The third kappa shape index (κ3) is 4.79. The molecule has 18 heavy (non-hydrogen) atoms. The van der Waals surface area contributed by atoms with Crippen LogP contribution in [0.15, 0.2) is 18.2 Å². The van der Waals surface area contributed by atoms with E-state index in [4.69, 9.17) is 4.74 Å². The first-order valence-corrected chi connectivity index (χ1v) is 6.92. The summed E-state index contributed by atoms with van der Waals surface area (Å²) < 4.78 is 5.79. The molecule has 1 rings (SSSR count). The molecule has 1 atom stereocenters. The Labute approximate surface area is 112 Å². The quantitative estimate of drug-likeness (QED) is 0.797. The van der Waals surface area contributed by atoms with E-state index in [1.807, 2.05) is 0 Å². The molecule has 2 heteroatoms. The molecule has 0 amide bonds. The maximum absolute atomic E-state index is 5.79. The molecule has 2 nitrogen and oxygen atoms in total. The molecule has 0 aliphatic rings. The normalized spacial score (nSPS) is 13.0. The molecule has 0 spiro atoms. The van der Waals surface area contributed by atoms with Gasteiger partial charge in [-0.1, -0.05) is 44.5 Å². The second-order valence-electron chi connectivity index (χ2n) is 5.40. The summed E-state index contributed by atoms with van der Waals surface area (Å²) in [5, 5.41) is 3.51. The lowest BCUT2D eigenvalue weighted by atomic mass is 9.99. The molecule has 0 saturated carbocycles. The van der Waals surface area contributed by atoms with E-state index >= 15 is 0 Å². The van der Waals surface area contributed by atoms with Gasteiger partial charge in [0, 0.05) is 6.61 Å². The van der Waals surface area contributed by atoms with Crippen LogP contribution >= 0.6 is 0 Å². The van der Waals surface area contributed by atoms with Gasteiger partial charge in [-0.25, -0.2) is 0 Å². The smallest absolute Gasteiger partial charge is 0.0661 e. The van der Waals surface area contributed by atoms with E-state index in [1.165, 1.54) is 16.7 Å². The number of ether oxygens (including phenoxy) is 1. The minimum Gasteiger partial charge on any atom is -0.379 e. The average Bonchev–Trinajstić information content (AvgIpc) is 2.28. The molecule has 0 fully saturated rings. The molecule has 0 aliphatic heterocycles. The summed E-state index contributed by atoms with van der Waals surface area (Å²) in [6.07, 6.45) is 0. The minimum absolute atomic E-state index is 0.300. The topological polar surface area (TPSA) is 21.3 Å². The van der Waals surface area contributed by atoms with Gasteiger partial charge < -0.3 is 10.1 Å². The summed E-state index contributed by atoms with van der Waals surface area (Å²) >= 11 is 0. The number of likely N-dealkylation sites (N-methyl/N-ethyl adjacent to an activating group) is 1. The zero-order valence-electron chi connectivity index (χ0n) is 12.4. The molecule has 0 heterocycles. The van der Waals surface area contributed by atoms with Crippen LogP contribution in [0.3, 0.4) is 0 Å². The van der Waals surface area contributed by atoms with Crippen molar-refractivity contribution >= 4 is 0 Å². The molecule has 1 unspecified atom stereocenters. The first kappa shape index (κ1) is 15.2. The van der Waals surface area contributed by atoms with Gasteiger partial charge in [-0.05, 0) is 37.4 Å². The predicted octanol–water partition coefficient (Wildman–Crippen LogP) is 3.63. The number of hydrogen-bond acceptors (Lipinski definition) is 2. The van der Waals surface area contributed by atoms with Crippen LogP contribution in [0.25, 0.3) is 0 Å². The molecule has 102 valence electrons. The summed E-state index contributed by atoms with van der Waals surface area (Å²) in [4.78, 5) is 0. The van der Waals surface area contributed by atoms with Gasteiger partial charge in [0.2, 0.25) is 0 Å². The van der Waals surface area contributed by atoms with Gasteiger partial charge in [0.25, 0.3) is 0 Å². The number of nitrogens with one attached hydrogen (secondary N) is 1. The highest BCUT2D eigenvalue weighted by Crippen LogP contribution is 2.19. The highest BCUT2D eigenvalue weighted by Gasteiger charge is 2.13. The van der Waals surface area contributed by atoms with Crippen molar-refractivity contribution in [1.29, 1.82) is 0 Å². The Bertz CT molecular complexity index is 360. The second-order valence-corrected chi connectivity index (χ2v) is 5.40. The standard InChI is InChI=1S/C16H27NO/c1-6-17-16(11-18-10-12(2)3)15-8-7-13(4)9-14(15)5/h7-9,12,16-17H,6,10-11H2,1-5H3. The van der Waals surface area contributed by atoms with Crippen LogP contribution in [-0.4, -0.2) is 19.8 Å². The molecule has 1 aromatic carbocycles. The molecule has 0 aliphatic carbocycles. The Kier molecular flexibility index (Phi) is 6.37. The maximum atomic E-state index is 5.79. The maximum Gasteiger partial charge on any atom is 0.0661 e. The van der Waals surface area contributed by atoms with Crippen LogP contribution < -0.4 is 5.32 Å². The Balaban J connectivity index is 2.70. The van der Waals surface area contributed by atoms with Crippen LogP contribution in [0.4, 0.5) is 0 Å². The summed E-state index contributed by atoms with van der Waals surface area (Å²) in [5.41, 5.74) is 4.01. The first-order chi connectivity index (χ1) is 8.54. The first-order valence-electron chi connectivity index (χ1n) is 6.92. The Hall–Kier alpha value is -0.860. The third-order valence-electron chi connectivity index (χ3n) is 2.99. The van der Waals surface area contributed by atoms with Crippen LogP contribution in [-0.2, 0) is 4.74 Å². The third-order valence-corrected chi connectivity index (χ3v) is 2.99. The molecule has 0 aromatic heterocycles. The summed E-state index contributed by atoms with van der Waals surface area (Å²) in [7, 11) is 0. The zero-order chi connectivity index (χ0) is 13.5. The number of aryl methyl sites for hydroxylation is 2. The van der Waals surface area contributed by atoms with E-state index in [0.29, 0.717) is 12.0 Å². The highest BCUT2D eigenvalue weighted by molar-refractivity contribution is 5.32. The van der Waals surface area contributed by atoms with Gasteiger partial charge in [0.1, 0.15) is 0 Å². The SMILES string of the molecule is CCNC(COCC(C)C)c1ccc(C)cc1C. The zero-order valence-corrected chi connectivity index (χ0v) is 12.4. The fraction of sp³-hybridized carbons (Fsp3) is 0.625. The molecule has 1 aromatic rings. The van der Waals surface area contributed by atoms with E-state index in [9.17, 15) is 0 Å². The van der Waals surface area contributed by atoms with E-state index in [-0.39, 0.29) is 0 Å². The van der Waals surface area contributed by atoms with E-state index in [2.05, 4.69) is 58.1 Å². The van der Waals surface area contributed by atoms with E-state index < -0.39 is 0 Å². The van der Waals surface area contributed by atoms with Crippen LogP contribution in [0.1, 0.15) is 43.5 Å². The lowest BCUT2D eigenvalue weighted by Crippen LogP contribution is -2.26. The van der Waals surface area contributed by atoms with Gasteiger partial charge in [0.05, 0.1) is 12.6 Å². The van der Waals surface area contributed by atoms with Crippen molar-refractivity contribution in [3.05, 3.63) is 34.9 Å². The van der Waals surface area contributed by atoms with Crippen molar-refractivity contribution in [1.82, 2.24) is 5.32 Å². The van der Waals surface area contributed by atoms with Gasteiger partial charge >= 0.3 is 0 Å². The summed E-state index contributed by atoms with van der Waals surface area (Å²) in [6, 6.07) is 6.93. The molecule has 0 bridgehead atoms. The molecule has 1 N–H and O–H groups in total. The largest absolute Gasteiger partial charge is 0.379 e. The van der Waals surface area contributed by atoms with Crippen molar-refractivity contribution in [2.45, 2.75) is 40.7 Å². The molecule has 0 radical (unpaired) electrons. The fourth-order valence-corrected chi connectivity index (χ4v) is 2.14. The fourth-order valence-electron chi connectivity index (χ4n) is 2.14. The van der Waals surface area contributed by atoms with Crippen LogP contribution in [0.5, 0.6) is 0 Å². The molecule has 0 saturated heterocycles. The Morgan fingerprint density at radius 3 is 2.44 bits per heavy atom. The predicted molar refractivity (Wildman–Crippen MR) is 78.0 cm³/mol. The number of rotatable bonds is 7. The Morgan fingerprint density at radius 1 is 1.17 bits per heavy atom. The van der Waals surface area contributed by atoms with Crippen molar-refractivity contribution in [3.8, 4) is 0 Å². The van der Waals surface area contributed by atoms with Crippen molar-refractivity contribution in [2.24, 2.45) is 5.92 Å². The van der Waals surface area contributed by atoms with Crippen LogP contribution in [0, 0.1) is 19.8 Å². The van der Waals surface area contributed by atoms with Gasteiger partial charge in [-0.3, -0.25) is 0 Å². The van der Waals surface area contributed by atoms with E-state index in [1.54, 1.807) is 0 Å². The average molecular weight is 249 g/mol. The van der Waals surface area contributed by atoms with Crippen molar-refractivity contribution < 1.29 is 4.74 Å². The minimum atomic E-state index is 0.300. The lowest BCUT2D eigenvalue weighted by Gasteiger charge is -2.21. The monoisotopic (exact) mass is 249 g/mol. The Morgan fingerprint density at radius 2 is 1.89 bits per heavy atom. The highest BCUT2D eigenvalue weighted by atomic mass is 16.5. The second kappa shape index (κ2) is 7.55. The van der Waals surface area contributed by atoms with Crippen molar-refractivity contribution in [2.75, 3.05) is 19.8 Å². The molecular weight excluding hydrogens is 222 g/mol. The summed E-state index contributed by atoms with van der Waals surface area (Å²) in [5.74, 6) is 0.589. The summed E-state index contributed by atoms with van der Waals surface area (Å²) in [6.45, 7) is 13.3.